The van der Waals surface area contributed by atoms with Crippen molar-refractivity contribution < 1.29 is 28.5 Å². The van der Waals surface area contributed by atoms with E-state index in [1.54, 1.807) is 12.1 Å². The molecule has 1 fully saturated rings. The minimum absolute atomic E-state index is 0.245. The van der Waals surface area contributed by atoms with Crippen LogP contribution in [0.3, 0.4) is 0 Å². The number of nitrogens with one attached hydrogen (secondary N) is 1. The van der Waals surface area contributed by atoms with E-state index in [9.17, 15) is 9.59 Å². The summed E-state index contributed by atoms with van der Waals surface area (Å²) in [6, 6.07) is 3.44. The van der Waals surface area contributed by atoms with E-state index < -0.39 is 17.7 Å². The van der Waals surface area contributed by atoms with Crippen LogP contribution in [0.25, 0.3) is 0 Å². The molecule has 1 N–H and O–H groups in total. The van der Waals surface area contributed by atoms with E-state index in [0.29, 0.717) is 17.2 Å². The van der Waals surface area contributed by atoms with Crippen LogP contribution < -0.4 is 14.8 Å². The summed E-state index contributed by atoms with van der Waals surface area (Å²) >= 11 is 3.34. The maximum absolute atomic E-state index is 11.9. The van der Waals surface area contributed by atoms with Crippen molar-refractivity contribution in [1.82, 2.24) is 0 Å². The number of carbonyl (C=O) groups is 2. The van der Waals surface area contributed by atoms with Crippen LogP contribution in [-0.4, -0.2) is 31.9 Å². The third kappa shape index (κ3) is 3.76. The lowest BCUT2D eigenvalue weighted by Gasteiger charge is -2.29. The van der Waals surface area contributed by atoms with Crippen molar-refractivity contribution in [2.24, 2.45) is 0 Å². The molecule has 0 amide bonds. The molecular formula is C15H16BrNO6. The molecule has 1 aliphatic heterocycles. The van der Waals surface area contributed by atoms with Crippen LogP contribution >= 0.6 is 15.9 Å². The maximum Gasteiger partial charge on any atom is 0.350 e. The van der Waals surface area contributed by atoms with Crippen LogP contribution in [0, 0.1) is 0 Å². The molecular weight excluding hydrogens is 370 g/mol. The van der Waals surface area contributed by atoms with E-state index in [1.807, 2.05) is 0 Å². The summed E-state index contributed by atoms with van der Waals surface area (Å²) in [5.41, 5.74) is 0.252. The van der Waals surface area contributed by atoms with E-state index in [-0.39, 0.29) is 5.57 Å². The average molecular weight is 386 g/mol. The van der Waals surface area contributed by atoms with Gasteiger partial charge in [0.25, 0.3) is 5.79 Å². The van der Waals surface area contributed by atoms with Crippen molar-refractivity contribution in [2.75, 3.05) is 19.5 Å². The van der Waals surface area contributed by atoms with Crippen LogP contribution in [0.4, 0.5) is 5.69 Å². The SMILES string of the molecule is COc1cc(Br)cc(NC=C2C(=O)OC(C)(C)OC2=O)c1OC. The number of hydrogen-bond acceptors (Lipinski definition) is 7. The topological polar surface area (TPSA) is 83.1 Å². The summed E-state index contributed by atoms with van der Waals surface area (Å²) in [5, 5.41) is 2.84. The fourth-order valence-corrected chi connectivity index (χ4v) is 2.40. The van der Waals surface area contributed by atoms with E-state index in [2.05, 4.69) is 21.2 Å². The molecule has 8 heteroatoms. The predicted molar refractivity (Wildman–Crippen MR) is 85.2 cm³/mol. The van der Waals surface area contributed by atoms with Crippen LogP contribution in [0.5, 0.6) is 11.5 Å². The molecule has 124 valence electrons. The van der Waals surface area contributed by atoms with Gasteiger partial charge in [-0.2, -0.15) is 0 Å². The van der Waals surface area contributed by atoms with Gasteiger partial charge < -0.3 is 24.3 Å². The molecule has 1 saturated heterocycles. The summed E-state index contributed by atoms with van der Waals surface area (Å²) in [6.07, 6.45) is 1.21. The Kier molecular flexibility index (Phi) is 4.84. The van der Waals surface area contributed by atoms with Gasteiger partial charge in [-0.1, -0.05) is 15.9 Å². The third-order valence-corrected chi connectivity index (χ3v) is 3.39. The number of cyclic esters (lactones) is 2. The molecule has 0 radical (unpaired) electrons. The minimum atomic E-state index is -1.28. The molecule has 1 aromatic carbocycles. The highest BCUT2D eigenvalue weighted by atomic mass is 79.9. The largest absolute Gasteiger partial charge is 0.493 e. The number of rotatable bonds is 4. The van der Waals surface area contributed by atoms with Crippen LogP contribution in [0.1, 0.15) is 13.8 Å². The quantitative estimate of drug-likeness (QED) is 0.484. The summed E-state index contributed by atoms with van der Waals surface area (Å²) < 4.78 is 21.3. The second kappa shape index (κ2) is 6.49. The molecule has 0 bridgehead atoms. The van der Waals surface area contributed by atoms with Crippen molar-refractivity contribution in [3.63, 3.8) is 0 Å². The highest BCUT2D eigenvalue weighted by Crippen LogP contribution is 2.38. The Bertz CT molecular complexity index is 661. The van der Waals surface area contributed by atoms with Gasteiger partial charge in [-0.05, 0) is 12.1 Å². The van der Waals surface area contributed by atoms with Gasteiger partial charge >= 0.3 is 11.9 Å². The first-order valence-electron chi connectivity index (χ1n) is 6.62. The van der Waals surface area contributed by atoms with Gasteiger partial charge in [0.2, 0.25) is 0 Å². The van der Waals surface area contributed by atoms with Gasteiger partial charge in [0.15, 0.2) is 17.1 Å². The molecule has 1 aromatic rings. The van der Waals surface area contributed by atoms with E-state index in [1.165, 1.54) is 34.3 Å². The molecule has 2 rings (SSSR count). The standard InChI is InChI=1S/C15H16BrNO6/c1-15(2)22-13(18)9(14(19)23-15)7-17-10-5-8(16)6-11(20-3)12(10)21-4/h5-7,17H,1-4H3. The predicted octanol–water partition coefficient (Wildman–Crippen LogP) is 2.60. The second-order valence-corrected chi connectivity index (χ2v) is 5.99. The lowest BCUT2D eigenvalue weighted by atomic mass is 10.2. The molecule has 0 aromatic heterocycles. The lowest BCUT2D eigenvalue weighted by molar-refractivity contribution is -0.222. The van der Waals surface area contributed by atoms with Crippen molar-refractivity contribution in [3.05, 3.63) is 28.4 Å². The first kappa shape index (κ1) is 17.1. The molecule has 0 unspecified atom stereocenters. The van der Waals surface area contributed by atoms with Gasteiger partial charge in [0, 0.05) is 24.5 Å². The van der Waals surface area contributed by atoms with Gasteiger partial charge in [-0.25, -0.2) is 9.59 Å². The summed E-state index contributed by atoms with van der Waals surface area (Å²) in [6.45, 7) is 2.96. The first-order chi connectivity index (χ1) is 10.8. The zero-order chi connectivity index (χ0) is 17.2. The molecule has 7 nitrogen and oxygen atoms in total. The van der Waals surface area contributed by atoms with E-state index >= 15 is 0 Å². The number of esters is 2. The van der Waals surface area contributed by atoms with Crippen molar-refractivity contribution >= 4 is 33.6 Å². The summed E-state index contributed by atoms with van der Waals surface area (Å²) in [5.74, 6) is -1.90. The normalized spacial score (nSPS) is 16.3. The Labute approximate surface area is 141 Å². The Hall–Kier alpha value is -2.22. The molecule has 23 heavy (non-hydrogen) atoms. The molecule has 0 atom stereocenters. The number of ether oxygens (including phenoxy) is 4. The number of carbonyl (C=O) groups excluding carboxylic acids is 2. The smallest absolute Gasteiger partial charge is 0.350 e. The monoisotopic (exact) mass is 385 g/mol. The van der Waals surface area contributed by atoms with Gasteiger partial charge in [0.05, 0.1) is 19.9 Å². The number of methoxy groups -OCH3 is 2. The van der Waals surface area contributed by atoms with Crippen LogP contribution in [0.2, 0.25) is 0 Å². The fourth-order valence-electron chi connectivity index (χ4n) is 1.97. The number of anilines is 1. The van der Waals surface area contributed by atoms with E-state index in [4.69, 9.17) is 18.9 Å². The van der Waals surface area contributed by atoms with Crippen molar-refractivity contribution in [1.29, 1.82) is 0 Å². The highest BCUT2D eigenvalue weighted by molar-refractivity contribution is 9.10. The highest BCUT2D eigenvalue weighted by Gasteiger charge is 2.39. The molecule has 1 heterocycles. The fraction of sp³-hybridized carbons (Fsp3) is 0.333. The third-order valence-electron chi connectivity index (χ3n) is 2.93. The molecule has 0 aliphatic carbocycles. The molecule has 0 saturated carbocycles. The Morgan fingerprint density at radius 2 is 1.74 bits per heavy atom. The van der Waals surface area contributed by atoms with E-state index in [0.717, 1.165) is 4.47 Å². The van der Waals surface area contributed by atoms with Crippen molar-refractivity contribution in [3.8, 4) is 11.5 Å². The zero-order valence-electron chi connectivity index (χ0n) is 13.1. The second-order valence-electron chi connectivity index (χ2n) is 5.07. The average Bonchev–Trinajstić information content (AvgIpc) is 2.44. The minimum Gasteiger partial charge on any atom is -0.493 e. The van der Waals surface area contributed by atoms with Gasteiger partial charge in [-0.3, -0.25) is 0 Å². The number of halogens is 1. The van der Waals surface area contributed by atoms with Crippen LogP contribution in [0.15, 0.2) is 28.4 Å². The summed E-state index contributed by atoms with van der Waals surface area (Å²) in [7, 11) is 2.99. The Morgan fingerprint density at radius 3 is 2.26 bits per heavy atom. The van der Waals surface area contributed by atoms with Gasteiger partial charge in [-0.15, -0.1) is 0 Å². The molecule has 0 spiro atoms. The van der Waals surface area contributed by atoms with Gasteiger partial charge in [0.1, 0.15) is 0 Å². The van der Waals surface area contributed by atoms with Crippen molar-refractivity contribution in [2.45, 2.75) is 19.6 Å². The number of hydrogen-bond donors (Lipinski definition) is 1. The maximum atomic E-state index is 11.9. The van der Waals surface area contributed by atoms with Crippen LogP contribution in [-0.2, 0) is 19.1 Å². The Morgan fingerprint density at radius 1 is 1.13 bits per heavy atom. The Balaban J connectivity index is 2.31. The lowest BCUT2D eigenvalue weighted by Crippen LogP contribution is -2.42. The molecule has 1 aliphatic rings. The summed E-state index contributed by atoms with van der Waals surface area (Å²) in [4.78, 5) is 23.8. The zero-order valence-corrected chi connectivity index (χ0v) is 14.6. The number of benzene rings is 1. The first-order valence-corrected chi connectivity index (χ1v) is 7.41.